The highest BCUT2D eigenvalue weighted by Crippen LogP contribution is 2.26. The fourth-order valence-electron chi connectivity index (χ4n) is 3.65. The quantitative estimate of drug-likeness (QED) is 0.808. The summed E-state index contributed by atoms with van der Waals surface area (Å²) in [5.74, 6) is 0.646. The number of nitrogens with zero attached hydrogens (tertiary/aromatic N) is 1. The van der Waals surface area contributed by atoms with Crippen molar-refractivity contribution in [2.24, 2.45) is 0 Å². The zero-order chi connectivity index (χ0) is 21.7. The molecule has 1 N–H and O–H groups in total. The van der Waals surface area contributed by atoms with Crippen LogP contribution in [0.15, 0.2) is 54.6 Å². The van der Waals surface area contributed by atoms with Crippen LogP contribution in [0.3, 0.4) is 0 Å². The molecule has 2 aromatic carbocycles. The van der Waals surface area contributed by atoms with E-state index < -0.39 is 6.10 Å². The van der Waals surface area contributed by atoms with Gasteiger partial charge in [0, 0.05) is 24.7 Å². The minimum absolute atomic E-state index is 0.0102. The highest BCUT2D eigenvalue weighted by molar-refractivity contribution is 5.94. The Kier molecular flexibility index (Phi) is 6.80. The van der Waals surface area contributed by atoms with Crippen LogP contribution in [0.1, 0.15) is 56.5 Å². The second kappa shape index (κ2) is 9.33. The van der Waals surface area contributed by atoms with Crippen molar-refractivity contribution in [3.8, 4) is 5.75 Å². The molecule has 0 radical (unpaired) electrons. The van der Waals surface area contributed by atoms with Crippen LogP contribution in [-0.4, -0.2) is 41.9 Å². The summed E-state index contributed by atoms with van der Waals surface area (Å²) >= 11 is 0. The van der Waals surface area contributed by atoms with E-state index in [0.717, 1.165) is 12.8 Å². The van der Waals surface area contributed by atoms with Crippen molar-refractivity contribution in [1.29, 1.82) is 0 Å². The molecular weight excluding hydrogens is 376 g/mol. The van der Waals surface area contributed by atoms with Gasteiger partial charge in [-0.2, -0.15) is 0 Å². The van der Waals surface area contributed by atoms with Gasteiger partial charge in [-0.3, -0.25) is 9.59 Å². The molecule has 1 fully saturated rings. The monoisotopic (exact) mass is 408 g/mol. The van der Waals surface area contributed by atoms with Crippen molar-refractivity contribution < 1.29 is 14.3 Å². The Hall–Kier alpha value is -2.82. The van der Waals surface area contributed by atoms with Crippen molar-refractivity contribution in [2.75, 3.05) is 13.1 Å². The average Bonchev–Trinajstić information content (AvgIpc) is 2.74. The third-order valence-corrected chi connectivity index (χ3v) is 5.54. The van der Waals surface area contributed by atoms with Crippen LogP contribution in [0.2, 0.25) is 0 Å². The van der Waals surface area contributed by atoms with E-state index in [9.17, 15) is 9.59 Å². The minimum Gasteiger partial charge on any atom is -0.481 e. The van der Waals surface area contributed by atoms with Gasteiger partial charge in [-0.15, -0.1) is 0 Å². The summed E-state index contributed by atoms with van der Waals surface area (Å²) in [6, 6.07) is 17.2. The molecule has 0 unspecified atom stereocenters. The van der Waals surface area contributed by atoms with Gasteiger partial charge in [-0.05, 0) is 55.0 Å². The summed E-state index contributed by atoms with van der Waals surface area (Å²) in [6.07, 6.45) is 0.947. The number of benzene rings is 2. The lowest BCUT2D eigenvalue weighted by Gasteiger charge is -2.34. The molecular formula is C25H32N2O3. The number of hydrogen-bond donors (Lipinski definition) is 1. The van der Waals surface area contributed by atoms with E-state index >= 15 is 0 Å². The second-order valence-corrected chi connectivity index (χ2v) is 8.98. The standard InChI is InChI=1S/C25H32N2O3/c1-18(30-22-12-8-11-20(17-22)25(2,3)4)24(29)27-15-13-21(14-16-27)26-23(28)19-9-6-5-7-10-19/h5-12,17-18,21H,13-16H2,1-4H3,(H,26,28)/t18-/m0/s1. The maximum Gasteiger partial charge on any atom is 0.263 e. The molecule has 0 aliphatic carbocycles. The molecule has 0 bridgehead atoms. The second-order valence-electron chi connectivity index (χ2n) is 8.98. The van der Waals surface area contributed by atoms with Gasteiger partial charge < -0.3 is 15.0 Å². The molecule has 1 aliphatic heterocycles. The van der Waals surface area contributed by atoms with Gasteiger partial charge in [0.1, 0.15) is 5.75 Å². The maximum atomic E-state index is 12.8. The topological polar surface area (TPSA) is 58.6 Å². The smallest absolute Gasteiger partial charge is 0.263 e. The van der Waals surface area contributed by atoms with Crippen LogP contribution >= 0.6 is 0 Å². The molecule has 30 heavy (non-hydrogen) atoms. The summed E-state index contributed by atoms with van der Waals surface area (Å²) in [5.41, 5.74) is 1.86. The Morgan fingerprint density at radius 2 is 1.70 bits per heavy atom. The van der Waals surface area contributed by atoms with Gasteiger partial charge in [0.25, 0.3) is 11.8 Å². The molecule has 2 amide bonds. The van der Waals surface area contributed by atoms with E-state index in [1.54, 1.807) is 6.92 Å². The lowest BCUT2D eigenvalue weighted by molar-refractivity contribution is -0.139. The molecule has 1 aliphatic rings. The fourth-order valence-corrected chi connectivity index (χ4v) is 3.65. The molecule has 1 saturated heterocycles. The minimum atomic E-state index is -0.546. The molecule has 1 atom stereocenters. The predicted molar refractivity (Wildman–Crippen MR) is 119 cm³/mol. The number of likely N-dealkylation sites (tertiary alicyclic amines) is 1. The number of piperidine rings is 1. The molecule has 1 heterocycles. The zero-order valence-electron chi connectivity index (χ0n) is 18.4. The van der Waals surface area contributed by atoms with Crippen LogP contribution in [0, 0.1) is 0 Å². The van der Waals surface area contributed by atoms with Gasteiger partial charge in [0.05, 0.1) is 0 Å². The van der Waals surface area contributed by atoms with E-state index in [4.69, 9.17) is 4.74 Å². The van der Waals surface area contributed by atoms with Gasteiger partial charge in [-0.1, -0.05) is 51.1 Å². The fraction of sp³-hybridized carbons (Fsp3) is 0.440. The van der Waals surface area contributed by atoms with E-state index in [0.29, 0.717) is 24.4 Å². The number of carbonyl (C=O) groups excluding carboxylic acids is 2. The Labute approximate surface area is 179 Å². The number of ether oxygens (including phenoxy) is 1. The molecule has 0 saturated carbocycles. The third-order valence-electron chi connectivity index (χ3n) is 5.54. The lowest BCUT2D eigenvalue weighted by atomic mass is 9.87. The molecule has 0 spiro atoms. The number of rotatable bonds is 5. The summed E-state index contributed by atoms with van der Waals surface area (Å²) < 4.78 is 5.95. The van der Waals surface area contributed by atoms with E-state index in [-0.39, 0.29) is 23.3 Å². The number of amides is 2. The van der Waals surface area contributed by atoms with E-state index in [1.165, 1.54) is 5.56 Å². The molecule has 3 rings (SSSR count). The van der Waals surface area contributed by atoms with Gasteiger partial charge >= 0.3 is 0 Å². The molecule has 2 aromatic rings. The number of nitrogens with one attached hydrogen (secondary N) is 1. The normalized spacial score (nSPS) is 16.1. The Morgan fingerprint density at radius 1 is 1.03 bits per heavy atom. The summed E-state index contributed by atoms with van der Waals surface area (Å²) in [7, 11) is 0. The van der Waals surface area contributed by atoms with E-state index in [2.05, 4.69) is 32.2 Å². The third kappa shape index (κ3) is 5.62. The van der Waals surface area contributed by atoms with Crippen molar-refractivity contribution in [1.82, 2.24) is 10.2 Å². The lowest BCUT2D eigenvalue weighted by Crippen LogP contribution is -2.49. The Bertz CT molecular complexity index is 865. The van der Waals surface area contributed by atoms with E-state index in [1.807, 2.05) is 53.4 Å². The van der Waals surface area contributed by atoms with Gasteiger partial charge in [-0.25, -0.2) is 0 Å². The average molecular weight is 409 g/mol. The van der Waals surface area contributed by atoms with Gasteiger partial charge in [0.15, 0.2) is 6.10 Å². The van der Waals surface area contributed by atoms with Crippen molar-refractivity contribution in [3.63, 3.8) is 0 Å². The molecule has 0 aromatic heterocycles. The first-order valence-corrected chi connectivity index (χ1v) is 10.7. The largest absolute Gasteiger partial charge is 0.481 e. The van der Waals surface area contributed by atoms with Crippen LogP contribution < -0.4 is 10.1 Å². The first kappa shape index (κ1) is 21.9. The SMILES string of the molecule is C[C@H](Oc1cccc(C(C)(C)C)c1)C(=O)N1CCC(NC(=O)c2ccccc2)CC1. The summed E-state index contributed by atoms with van der Waals surface area (Å²) in [5, 5.41) is 3.08. The predicted octanol–water partition coefficient (Wildman–Crippen LogP) is 4.17. The van der Waals surface area contributed by atoms with Crippen molar-refractivity contribution in [3.05, 3.63) is 65.7 Å². The summed E-state index contributed by atoms with van der Waals surface area (Å²) in [4.78, 5) is 27.0. The van der Waals surface area contributed by atoms with Crippen LogP contribution in [0.25, 0.3) is 0 Å². The summed E-state index contributed by atoms with van der Waals surface area (Å²) in [6.45, 7) is 9.50. The van der Waals surface area contributed by atoms with Crippen molar-refractivity contribution >= 4 is 11.8 Å². The van der Waals surface area contributed by atoms with Crippen LogP contribution in [0.5, 0.6) is 5.75 Å². The van der Waals surface area contributed by atoms with Gasteiger partial charge in [0.2, 0.25) is 0 Å². The number of hydrogen-bond acceptors (Lipinski definition) is 3. The highest BCUT2D eigenvalue weighted by Gasteiger charge is 2.28. The Morgan fingerprint density at radius 3 is 2.33 bits per heavy atom. The Balaban J connectivity index is 1.50. The first-order valence-electron chi connectivity index (χ1n) is 10.7. The maximum absolute atomic E-state index is 12.8. The molecule has 5 heteroatoms. The molecule has 160 valence electrons. The zero-order valence-corrected chi connectivity index (χ0v) is 18.4. The molecule has 5 nitrogen and oxygen atoms in total. The van der Waals surface area contributed by atoms with Crippen molar-refractivity contribution in [2.45, 2.75) is 58.1 Å². The number of carbonyl (C=O) groups is 2. The van der Waals surface area contributed by atoms with Crippen LogP contribution in [0.4, 0.5) is 0 Å². The highest BCUT2D eigenvalue weighted by atomic mass is 16.5. The first-order chi connectivity index (χ1) is 14.2. The van der Waals surface area contributed by atoms with Crippen LogP contribution in [-0.2, 0) is 10.2 Å².